The molecule has 0 unspecified atom stereocenters. The minimum Gasteiger partial charge on any atom is -0.356 e. The average molecular weight is 428 g/mol. The van der Waals surface area contributed by atoms with Crippen molar-refractivity contribution in [3.63, 3.8) is 0 Å². The molecule has 0 radical (unpaired) electrons. The summed E-state index contributed by atoms with van der Waals surface area (Å²) in [6.45, 7) is 7.08. The van der Waals surface area contributed by atoms with Crippen LogP contribution >= 0.6 is 0 Å². The van der Waals surface area contributed by atoms with Crippen LogP contribution in [-0.2, 0) is 11.3 Å². The first-order valence-electron chi connectivity index (χ1n) is 11.9. The van der Waals surface area contributed by atoms with Crippen molar-refractivity contribution in [1.29, 1.82) is 0 Å². The van der Waals surface area contributed by atoms with Crippen LogP contribution in [0.15, 0.2) is 29.3 Å². The summed E-state index contributed by atoms with van der Waals surface area (Å²) >= 11 is 0. The van der Waals surface area contributed by atoms with E-state index in [1.54, 1.807) is 4.90 Å². The molecule has 0 spiro atoms. The predicted molar refractivity (Wildman–Crippen MR) is 128 cm³/mol. The molecule has 2 fully saturated rings. The number of nitrogens with zero attached hydrogens (tertiary/aromatic N) is 3. The summed E-state index contributed by atoms with van der Waals surface area (Å²) in [6.07, 6.45) is 6.61. The molecule has 1 aromatic rings. The molecule has 31 heavy (non-hydrogen) atoms. The van der Waals surface area contributed by atoms with Crippen LogP contribution in [0.2, 0.25) is 0 Å². The Hall–Kier alpha value is -2.08. The maximum absolute atomic E-state index is 12.8. The lowest BCUT2D eigenvalue weighted by Gasteiger charge is -2.33. The molecule has 1 aromatic carbocycles. The number of carbonyl (C=O) groups is 1. The van der Waals surface area contributed by atoms with Gasteiger partial charge in [0.05, 0.1) is 5.41 Å². The molecular formula is C25H41N5O. The van der Waals surface area contributed by atoms with Gasteiger partial charge in [-0.3, -0.25) is 14.7 Å². The van der Waals surface area contributed by atoms with Gasteiger partial charge in [-0.25, -0.2) is 0 Å². The monoisotopic (exact) mass is 427 g/mol. The van der Waals surface area contributed by atoms with Crippen LogP contribution < -0.4 is 10.6 Å². The zero-order chi connectivity index (χ0) is 22.3. The van der Waals surface area contributed by atoms with Gasteiger partial charge in [0.25, 0.3) is 0 Å². The van der Waals surface area contributed by atoms with Crippen molar-refractivity contribution in [2.75, 3.05) is 47.3 Å². The summed E-state index contributed by atoms with van der Waals surface area (Å²) in [5, 5.41) is 6.97. The van der Waals surface area contributed by atoms with Gasteiger partial charge in [0.15, 0.2) is 5.96 Å². The number of guanidine groups is 1. The van der Waals surface area contributed by atoms with E-state index in [9.17, 15) is 4.79 Å². The molecule has 0 atom stereocenters. The first-order valence-corrected chi connectivity index (χ1v) is 11.9. The van der Waals surface area contributed by atoms with E-state index in [1.165, 1.54) is 24.0 Å². The minimum atomic E-state index is -0.275. The SMILES string of the molecule is CN=C(NCC1CCN(Cc2ccc(C)cc2)CC1)NCC1(C(=O)N(C)C)CCCC1. The molecule has 1 saturated heterocycles. The summed E-state index contributed by atoms with van der Waals surface area (Å²) < 4.78 is 0. The maximum atomic E-state index is 12.8. The van der Waals surface area contributed by atoms with Gasteiger partial charge in [-0.15, -0.1) is 0 Å². The third-order valence-electron chi connectivity index (χ3n) is 7.03. The summed E-state index contributed by atoms with van der Waals surface area (Å²) in [6, 6.07) is 8.90. The van der Waals surface area contributed by atoms with Gasteiger partial charge >= 0.3 is 0 Å². The quantitative estimate of drug-likeness (QED) is 0.519. The van der Waals surface area contributed by atoms with Crippen molar-refractivity contribution < 1.29 is 4.79 Å². The van der Waals surface area contributed by atoms with E-state index in [0.717, 1.165) is 57.8 Å². The van der Waals surface area contributed by atoms with Crippen LogP contribution in [0.4, 0.5) is 0 Å². The zero-order valence-electron chi connectivity index (χ0n) is 19.9. The number of hydrogen-bond acceptors (Lipinski definition) is 3. The Morgan fingerprint density at radius 3 is 2.35 bits per heavy atom. The lowest BCUT2D eigenvalue weighted by atomic mass is 9.84. The molecule has 6 heteroatoms. The Kier molecular flexibility index (Phi) is 8.35. The van der Waals surface area contributed by atoms with E-state index < -0.39 is 0 Å². The predicted octanol–water partition coefficient (Wildman–Crippen LogP) is 3.02. The molecule has 2 aliphatic rings. The highest BCUT2D eigenvalue weighted by Gasteiger charge is 2.42. The molecular weight excluding hydrogens is 386 g/mol. The number of aryl methyl sites for hydroxylation is 1. The number of aliphatic imine (C=N–C) groups is 1. The van der Waals surface area contributed by atoms with Crippen molar-refractivity contribution in [3.05, 3.63) is 35.4 Å². The number of benzene rings is 1. The third kappa shape index (κ3) is 6.45. The van der Waals surface area contributed by atoms with Crippen LogP contribution in [0.5, 0.6) is 0 Å². The van der Waals surface area contributed by atoms with Gasteiger partial charge in [0.2, 0.25) is 5.91 Å². The lowest BCUT2D eigenvalue weighted by Crippen LogP contribution is -2.50. The van der Waals surface area contributed by atoms with Crippen molar-refractivity contribution in [3.8, 4) is 0 Å². The van der Waals surface area contributed by atoms with Gasteiger partial charge in [0.1, 0.15) is 0 Å². The molecule has 0 bridgehead atoms. The van der Waals surface area contributed by atoms with E-state index in [4.69, 9.17) is 0 Å². The van der Waals surface area contributed by atoms with Crippen molar-refractivity contribution >= 4 is 11.9 Å². The Balaban J connectivity index is 1.41. The molecule has 3 rings (SSSR count). The smallest absolute Gasteiger partial charge is 0.230 e. The largest absolute Gasteiger partial charge is 0.356 e. The van der Waals surface area contributed by atoms with Crippen molar-refractivity contribution in [2.24, 2.45) is 16.3 Å². The average Bonchev–Trinajstić information content (AvgIpc) is 3.26. The van der Waals surface area contributed by atoms with E-state index in [1.807, 2.05) is 21.1 Å². The van der Waals surface area contributed by atoms with Gasteiger partial charge < -0.3 is 15.5 Å². The number of carbonyl (C=O) groups excluding carboxylic acids is 1. The highest BCUT2D eigenvalue weighted by molar-refractivity contribution is 5.85. The Bertz CT molecular complexity index is 729. The molecule has 0 aromatic heterocycles. The molecule has 1 saturated carbocycles. The lowest BCUT2D eigenvalue weighted by molar-refractivity contribution is -0.138. The van der Waals surface area contributed by atoms with E-state index >= 15 is 0 Å². The normalized spacial score (nSPS) is 19.9. The zero-order valence-corrected chi connectivity index (χ0v) is 19.9. The second-order valence-corrected chi connectivity index (χ2v) is 9.70. The Labute approximate surface area is 188 Å². The number of rotatable bonds is 7. The second kappa shape index (κ2) is 11.0. The van der Waals surface area contributed by atoms with E-state index in [0.29, 0.717) is 12.5 Å². The van der Waals surface area contributed by atoms with Gasteiger partial charge in [-0.05, 0) is 57.2 Å². The van der Waals surface area contributed by atoms with Crippen LogP contribution in [0.1, 0.15) is 49.7 Å². The number of likely N-dealkylation sites (tertiary alicyclic amines) is 1. The summed E-state index contributed by atoms with van der Waals surface area (Å²) in [4.78, 5) is 21.5. The fourth-order valence-electron chi connectivity index (χ4n) is 5.01. The van der Waals surface area contributed by atoms with Crippen LogP contribution in [-0.4, -0.2) is 69.0 Å². The molecule has 6 nitrogen and oxygen atoms in total. The highest BCUT2D eigenvalue weighted by Crippen LogP contribution is 2.38. The molecule has 1 amide bonds. The second-order valence-electron chi connectivity index (χ2n) is 9.70. The summed E-state index contributed by atoms with van der Waals surface area (Å²) in [5.74, 6) is 1.73. The van der Waals surface area contributed by atoms with E-state index in [2.05, 4.69) is 51.7 Å². The first kappa shape index (κ1) is 23.6. The minimum absolute atomic E-state index is 0.244. The van der Waals surface area contributed by atoms with Crippen LogP contribution in [0, 0.1) is 18.3 Å². The summed E-state index contributed by atoms with van der Waals surface area (Å²) in [7, 11) is 5.54. The third-order valence-corrected chi connectivity index (χ3v) is 7.03. The van der Waals surface area contributed by atoms with Crippen LogP contribution in [0.3, 0.4) is 0 Å². The Morgan fingerprint density at radius 2 is 1.77 bits per heavy atom. The van der Waals surface area contributed by atoms with Crippen molar-refractivity contribution in [2.45, 2.75) is 52.0 Å². The molecule has 1 aliphatic carbocycles. The highest BCUT2D eigenvalue weighted by atomic mass is 16.2. The molecule has 2 N–H and O–H groups in total. The fraction of sp³-hybridized carbons (Fsp3) is 0.680. The summed E-state index contributed by atoms with van der Waals surface area (Å²) in [5.41, 5.74) is 2.45. The first-order chi connectivity index (χ1) is 14.9. The maximum Gasteiger partial charge on any atom is 0.230 e. The van der Waals surface area contributed by atoms with Crippen molar-refractivity contribution in [1.82, 2.24) is 20.4 Å². The number of piperidine rings is 1. The van der Waals surface area contributed by atoms with Gasteiger partial charge in [-0.2, -0.15) is 0 Å². The fourth-order valence-corrected chi connectivity index (χ4v) is 5.01. The molecule has 1 heterocycles. The molecule has 172 valence electrons. The van der Waals surface area contributed by atoms with Crippen LogP contribution in [0.25, 0.3) is 0 Å². The topological polar surface area (TPSA) is 60.0 Å². The number of amides is 1. The Morgan fingerprint density at radius 1 is 1.13 bits per heavy atom. The molecule has 1 aliphatic heterocycles. The number of nitrogens with one attached hydrogen (secondary N) is 2. The standard InChI is InChI=1S/C25H41N5O/c1-20-7-9-22(10-8-20)18-30-15-11-21(12-16-30)17-27-24(26-2)28-19-25(13-5-6-14-25)23(31)29(3)4/h7-10,21H,5-6,11-19H2,1-4H3,(H2,26,27,28). The van der Waals surface area contributed by atoms with Gasteiger partial charge in [-0.1, -0.05) is 42.7 Å². The number of hydrogen-bond donors (Lipinski definition) is 2. The van der Waals surface area contributed by atoms with Gasteiger partial charge in [0, 0.05) is 40.8 Å². The van der Waals surface area contributed by atoms with E-state index in [-0.39, 0.29) is 11.3 Å².